The Labute approximate surface area is 167 Å². The van der Waals surface area contributed by atoms with E-state index in [0.717, 1.165) is 5.56 Å². The number of nitrogens with zero attached hydrogens (tertiary/aromatic N) is 3. The number of aryl methyl sites for hydroxylation is 1. The summed E-state index contributed by atoms with van der Waals surface area (Å²) >= 11 is 0. The van der Waals surface area contributed by atoms with Crippen LogP contribution in [0.25, 0.3) is 0 Å². The standard InChI is InChI=1S/C18H29FN4O.HI/c1-6-20-18(22(5)13-17(24)23(7-2)8-3)21-12-15-9-10-16(19)14(4)11-15;/h9-11H,6-8,12-13H2,1-5H3,(H,20,21);1H. The highest BCUT2D eigenvalue weighted by molar-refractivity contribution is 14.0. The minimum Gasteiger partial charge on any atom is -0.357 e. The third-order valence-corrected chi connectivity index (χ3v) is 3.82. The van der Waals surface area contributed by atoms with Crippen LogP contribution < -0.4 is 5.32 Å². The van der Waals surface area contributed by atoms with Gasteiger partial charge in [-0.3, -0.25) is 4.79 Å². The molecular formula is C18H30FIN4O. The highest BCUT2D eigenvalue weighted by Crippen LogP contribution is 2.10. The largest absolute Gasteiger partial charge is 0.357 e. The summed E-state index contributed by atoms with van der Waals surface area (Å²) < 4.78 is 13.3. The van der Waals surface area contributed by atoms with Crippen molar-refractivity contribution in [3.05, 3.63) is 35.1 Å². The molecule has 1 aromatic carbocycles. The van der Waals surface area contributed by atoms with E-state index in [2.05, 4.69) is 10.3 Å². The lowest BCUT2D eigenvalue weighted by molar-refractivity contribution is -0.131. The van der Waals surface area contributed by atoms with E-state index in [1.54, 1.807) is 24.0 Å². The van der Waals surface area contributed by atoms with E-state index in [0.29, 0.717) is 37.7 Å². The molecule has 25 heavy (non-hydrogen) atoms. The molecule has 1 aromatic rings. The topological polar surface area (TPSA) is 47.9 Å². The van der Waals surface area contributed by atoms with E-state index < -0.39 is 0 Å². The van der Waals surface area contributed by atoms with Gasteiger partial charge in [-0.2, -0.15) is 0 Å². The molecule has 0 heterocycles. The van der Waals surface area contributed by atoms with Gasteiger partial charge in [-0.15, -0.1) is 24.0 Å². The van der Waals surface area contributed by atoms with Crippen molar-refractivity contribution in [2.24, 2.45) is 4.99 Å². The second-order valence-electron chi connectivity index (χ2n) is 5.68. The molecule has 0 radical (unpaired) electrons. The Morgan fingerprint density at radius 1 is 1.24 bits per heavy atom. The number of nitrogens with one attached hydrogen (secondary N) is 1. The zero-order chi connectivity index (χ0) is 18.1. The molecule has 0 atom stereocenters. The third-order valence-electron chi connectivity index (χ3n) is 3.82. The zero-order valence-electron chi connectivity index (χ0n) is 15.8. The van der Waals surface area contributed by atoms with Gasteiger partial charge in [0.05, 0.1) is 13.1 Å². The third kappa shape index (κ3) is 7.58. The summed E-state index contributed by atoms with van der Waals surface area (Å²) in [5.74, 6) is 0.530. The second-order valence-corrected chi connectivity index (χ2v) is 5.68. The molecule has 0 aliphatic heterocycles. The highest BCUT2D eigenvalue weighted by atomic mass is 127. The van der Waals surface area contributed by atoms with Crippen LogP contribution in [0.3, 0.4) is 0 Å². The van der Waals surface area contributed by atoms with Crippen LogP contribution in [0.1, 0.15) is 31.9 Å². The Hall–Kier alpha value is -1.38. The summed E-state index contributed by atoms with van der Waals surface area (Å²) in [5, 5.41) is 3.19. The molecule has 1 amide bonds. The first-order valence-corrected chi connectivity index (χ1v) is 8.45. The Kier molecular flexibility index (Phi) is 11.4. The molecule has 0 aliphatic rings. The summed E-state index contributed by atoms with van der Waals surface area (Å²) in [6.45, 7) is 10.5. The number of likely N-dealkylation sites (N-methyl/N-ethyl adjacent to an activating group) is 2. The Morgan fingerprint density at radius 2 is 1.88 bits per heavy atom. The first kappa shape index (κ1) is 23.6. The van der Waals surface area contributed by atoms with Gasteiger partial charge in [0, 0.05) is 26.7 Å². The van der Waals surface area contributed by atoms with Crippen molar-refractivity contribution >= 4 is 35.8 Å². The molecule has 7 heteroatoms. The normalized spacial score (nSPS) is 10.9. The van der Waals surface area contributed by atoms with Crippen LogP contribution in [0.15, 0.2) is 23.2 Å². The summed E-state index contributed by atoms with van der Waals surface area (Å²) in [4.78, 5) is 20.4. The van der Waals surface area contributed by atoms with E-state index in [4.69, 9.17) is 0 Å². The molecule has 0 bridgehead atoms. The number of hydrogen-bond acceptors (Lipinski definition) is 2. The molecule has 1 N–H and O–H groups in total. The van der Waals surface area contributed by atoms with Crippen molar-refractivity contribution in [2.45, 2.75) is 34.2 Å². The molecule has 142 valence electrons. The summed E-state index contributed by atoms with van der Waals surface area (Å²) in [6.07, 6.45) is 0. The predicted molar refractivity (Wildman–Crippen MR) is 112 cm³/mol. The van der Waals surface area contributed by atoms with Crippen LogP contribution in [-0.2, 0) is 11.3 Å². The maximum absolute atomic E-state index is 13.3. The first-order chi connectivity index (χ1) is 11.4. The molecule has 0 saturated carbocycles. The molecule has 0 aliphatic carbocycles. The van der Waals surface area contributed by atoms with Gasteiger partial charge in [0.1, 0.15) is 5.82 Å². The lowest BCUT2D eigenvalue weighted by Crippen LogP contribution is -2.45. The number of aliphatic imine (C=N–C) groups is 1. The van der Waals surface area contributed by atoms with E-state index in [1.807, 2.05) is 32.7 Å². The maximum Gasteiger partial charge on any atom is 0.242 e. The van der Waals surface area contributed by atoms with Gasteiger partial charge in [-0.1, -0.05) is 12.1 Å². The van der Waals surface area contributed by atoms with Gasteiger partial charge >= 0.3 is 0 Å². The fourth-order valence-corrected chi connectivity index (χ4v) is 2.40. The first-order valence-electron chi connectivity index (χ1n) is 8.45. The van der Waals surface area contributed by atoms with Crippen LogP contribution >= 0.6 is 24.0 Å². The van der Waals surface area contributed by atoms with Crippen molar-refractivity contribution in [1.82, 2.24) is 15.1 Å². The van der Waals surface area contributed by atoms with Crippen LogP contribution in [0.4, 0.5) is 4.39 Å². The number of benzene rings is 1. The number of halogens is 2. The van der Waals surface area contributed by atoms with Gasteiger partial charge in [0.15, 0.2) is 5.96 Å². The lowest BCUT2D eigenvalue weighted by Gasteiger charge is -2.25. The van der Waals surface area contributed by atoms with Crippen molar-refractivity contribution in [1.29, 1.82) is 0 Å². The maximum atomic E-state index is 13.3. The van der Waals surface area contributed by atoms with E-state index in [1.165, 1.54) is 6.07 Å². The average Bonchev–Trinajstić information content (AvgIpc) is 2.55. The SMILES string of the molecule is CCNC(=NCc1ccc(F)c(C)c1)N(C)CC(=O)N(CC)CC.I. The Balaban J connectivity index is 0.00000576. The van der Waals surface area contributed by atoms with Gasteiger partial charge in [-0.05, 0) is 44.9 Å². The Bertz CT molecular complexity index is 576. The minimum absolute atomic E-state index is 0. The van der Waals surface area contributed by atoms with Crippen LogP contribution in [0, 0.1) is 12.7 Å². The molecule has 0 fully saturated rings. The van der Waals surface area contributed by atoms with Gasteiger partial charge in [-0.25, -0.2) is 9.38 Å². The van der Waals surface area contributed by atoms with Gasteiger partial charge in [0.25, 0.3) is 0 Å². The van der Waals surface area contributed by atoms with Crippen molar-refractivity contribution in [3.8, 4) is 0 Å². The van der Waals surface area contributed by atoms with E-state index >= 15 is 0 Å². The average molecular weight is 464 g/mol. The molecule has 5 nitrogen and oxygen atoms in total. The highest BCUT2D eigenvalue weighted by Gasteiger charge is 2.15. The number of carbonyl (C=O) groups is 1. The second kappa shape index (κ2) is 12.1. The molecule has 0 unspecified atom stereocenters. The van der Waals surface area contributed by atoms with Crippen LogP contribution in [-0.4, -0.2) is 54.9 Å². The smallest absolute Gasteiger partial charge is 0.242 e. The molecule has 1 rings (SSSR count). The molecular weight excluding hydrogens is 434 g/mol. The fraction of sp³-hybridized carbons (Fsp3) is 0.556. The van der Waals surface area contributed by atoms with Crippen molar-refractivity contribution in [3.63, 3.8) is 0 Å². The Morgan fingerprint density at radius 3 is 2.40 bits per heavy atom. The zero-order valence-corrected chi connectivity index (χ0v) is 18.1. The molecule has 0 saturated heterocycles. The monoisotopic (exact) mass is 464 g/mol. The molecule has 0 spiro atoms. The van der Waals surface area contributed by atoms with Crippen LogP contribution in [0.2, 0.25) is 0 Å². The van der Waals surface area contributed by atoms with E-state index in [9.17, 15) is 9.18 Å². The van der Waals surface area contributed by atoms with Gasteiger partial charge < -0.3 is 15.1 Å². The quantitative estimate of drug-likeness (QED) is 0.384. The minimum atomic E-state index is -0.212. The fourth-order valence-electron chi connectivity index (χ4n) is 2.40. The molecule has 0 aromatic heterocycles. The van der Waals surface area contributed by atoms with Crippen molar-refractivity contribution < 1.29 is 9.18 Å². The van der Waals surface area contributed by atoms with E-state index in [-0.39, 0.29) is 42.2 Å². The number of carbonyl (C=O) groups excluding carboxylic acids is 1. The summed E-state index contributed by atoms with van der Waals surface area (Å²) in [5.41, 5.74) is 1.55. The summed E-state index contributed by atoms with van der Waals surface area (Å²) in [6, 6.07) is 4.99. The number of amides is 1. The number of hydrogen-bond donors (Lipinski definition) is 1. The summed E-state index contributed by atoms with van der Waals surface area (Å²) in [7, 11) is 1.85. The van der Waals surface area contributed by atoms with Gasteiger partial charge in [0.2, 0.25) is 5.91 Å². The van der Waals surface area contributed by atoms with Crippen molar-refractivity contribution in [2.75, 3.05) is 33.2 Å². The lowest BCUT2D eigenvalue weighted by atomic mass is 10.1. The van der Waals surface area contributed by atoms with Crippen LogP contribution in [0.5, 0.6) is 0 Å². The number of guanidine groups is 1. The number of rotatable bonds is 7. The predicted octanol–water partition coefficient (Wildman–Crippen LogP) is 3.02.